The highest BCUT2D eigenvalue weighted by molar-refractivity contribution is 8.19. The molecule has 2 aliphatic rings. The highest BCUT2D eigenvalue weighted by Gasteiger charge is 2.36. The molecule has 0 spiro atoms. The number of amides is 2. The molecule has 0 saturated carbocycles. The van der Waals surface area contributed by atoms with Crippen LogP contribution in [0.5, 0.6) is 0 Å². The second kappa shape index (κ2) is 10.3. The number of hydrogen-bond donors (Lipinski definition) is 0. The number of imide groups is 1. The van der Waals surface area contributed by atoms with Crippen molar-refractivity contribution in [3.63, 3.8) is 0 Å². The van der Waals surface area contributed by atoms with Crippen LogP contribution in [0.4, 0.5) is 16.2 Å². The molecule has 0 atom stereocenters. The highest BCUT2D eigenvalue weighted by Crippen LogP contribution is 2.37. The minimum atomic E-state index is -0.300. The molecular weight excluding hydrogens is 445 g/mol. The molecule has 2 fully saturated rings. The molecule has 0 aromatic heterocycles. The normalized spacial score (nSPS) is 18.4. The van der Waals surface area contributed by atoms with Crippen molar-refractivity contribution in [2.75, 3.05) is 43.0 Å². The van der Waals surface area contributed by atoms with Crippen LogP contribution in [0.3, 0.4) is 0 Å². The summed E-state index contributed by atoms with van der Waals surface area (Å²) in [5.41, 5.74) is 2.57. The largest absolute Gasteiger partial charge is 0.412 e. The summed E-state index contributed by atoms with van der Waals surface area (Å²) in [6, 6.07) is 14.7. The fourth-order valence-corrected chi connectivity index (χ4v) is 4.32. The van der Waals surface area contributed by atoms with Crippen molar-refractivity contribution in [2.24, 2.45) is 0 Å². The summed E-state index contributed by atoms with van der Waals surface area (Å²) >= 11 is 6.88. The van der Waals surface area contributed by atoms with Crippen molar-refractivity contribution >= 4 is 64.4 Å². The van der Waals surface area contributed by atoms with E-state index in [2.05, 4.69) is 22.9 Å². The number of carbonyl (C=O) groups excluding carboxylic acids is 2. The monoisotopic (exact) mass is 467 g/mol. The summed E-state index contributed by atoms with van der Waals surface area (Å²) in [6.07, 6.45) is 1.83. The number of anilines is 2. The first kappa shape index (κ1) is 24.2. The molecular formula is C21H23Cl2N3O3S. The molecule has 2 N–H and O–H groups in total. The van der Waals surface area contributed by atoms with Gasteiger partial charge in [-0.3, -0.25) is 9.59 Å². The molecule has 4 rings (SSSR count). The topological polar surface area (TPSA) is 75.4 Å². The predicted octanol–water partition coefficient (Wildman–Crippen LogP) is 3.93. The Morgan fingerprint density at radius 3 is 2.27 bits per heavy atom. The van der Waals surface area contributed by atoms with Crippen LogP contribution in [-0.2, 0) is 4.79 Å². The van der Waals surface area contributed by atoms with Gasteiger partial charge in [-0.25, -0.2) is 4.90 Å². The van der Waals surface area contributed by atoms with E-state index >= 15 is 0 Å². The van der Waals surface area contributed by atoms with Crippen LogP contribution in [0.25, 0.3) is 6.08 Å². The van der Waals surface area contributed by atoms with E-state index in [1.165, 1.54) is 4.90 Å². The lowest BCUT2D eigenvalue weighted by atomic mass is 10.1. The number of hydrogen-bond acceptors (Lipinski definition) is 5. The molecule has 2 heterocycles. The fraction of sp³-hybridized carbons (Fsp3) is 0.238. The average molecular weight is 468 g/mol. The van der Waals surface area contributed by atoms with Crippen LogP contribution in [0.2, 0.25) is 5.02 Å². The van der Waals surface area contributed by atoms with Crippen molar-refractivity contribution < 1.29 is 15.1 Å². The molecule has 2 aromatic rings. The number of likely N-dealkylation sites (N-methyl/N-ethyl adjacent to an activating group) is 1. The third-order valence-corrected chi connectivity index (χ3v) is 6.07. The van der Waals surface area contributed by atoms with Gasteiger partial charge in [0.1, 0.15) is 0 Å². The lowest BCUT2D eigenvalue weighted by Crippen LogP contribution is -2.44. The molecule has 2 amide bonds. The van der Waals surface area contributed by atoms with Gasteiger partial charge in [-0.2, -0.15) is 0 Å². The SMILES string of the molecule is CN1CCN(c2ccccc2/C=C2/SC(=O)N(c3ccc(Cl)cc3)C2=O)CC1.Cl.O. The maximum atomic E-state index is 12.9. The van der Waals surface area contributed by atoms with Crippen LogP contribution in [-0.4, -0.2) is 54.7 Å². The molecule has 0 bridgehead atoms. The van der Waals surface area contributed by atoms with Crippen LogP contribution in [0, 0.1) is 0 Å². The maximum Gasteiger partial charge on any atom is 0.298 e. The summed E-state index contributed by atoms with van der Waals surface area (Å²) in [6.45, 7) is 3.88. The minimum absolute atomic E-state index is 0. The van der Waals surface area contributed by atoms with Gasteiger partial charge in [0.15, 0.2) is 0 Å². The number of carbonyl (C=O) groups is 2. The summed E-state index contributed by atoms with van der Waals surface area (Å²) in [5.74, 6) is -0.300. The van der Waals surface area contributed by atoms with Gasteiger partial charge in [-0.05, 0) is 60.8 Å². The second-order valence-corrected chi connectivity index (χ2v) is 8.27. The Bertz CT molecular complexity index is 945. The number of rotatable bonds is 3. The Morgan fingerprint density at radius 1 is 0.967 bits per heavy atom. The van der Waals surface area contributed by atoms with Crippen molar-refractivity contribution in [2.45, 2.75) is 0 Å². The summed E-state index contributed by atoms with van der Waals surface area (Å²) in [5, 5.41) is 0.267. The quantitative estimate of drug-likeness (QED) is 0.639. The van der Waals surface area contributed by atoms with Gasteiger partial charge in [0, 0.05) is 36.9 Å². The van der Waals surface area contributed by atoms with E-state index in [1.807, 2.05) is 24.3 Å². The summed E-state index contributed by atoms with van der Waals surface area (Å²) in [7, 11) is 2.12. The first-order chi connectivity index (χ1) is 13.5. The Morgan fingerprint density at radius 2 is 1.60 bits per heavy atom. The molecule has 30 heavy (non-hydrogen) atoms. The third-order valence-electron chi connectivity index (χ3n) is 4.95. The number of nitrogens with zero attached hydrogens (tertiary/aromatic N) is 3. The smallest absolute Gasteiger partial charge is 0.298 e. The van der Waals surface area contributed by atoms with E-state index in [1.54, 1.807) is 24.3 Å². The van der Waals surface area contributed by atoms with E-state index in [0.717, 1.165) is 49.2 Å². The van der Waals surface area contributed by atoms with Crippen molar-refractivity contribution in [3.8, 4) is 0 Å². The second-order valence-electron chi connectivity index (χ2n) is 6.84. The van der Waals surface area contributed by atoms with E-state index in [9.17, 15) is 9.59 Å². The molecule has 2 aromatic carbocycles. The Kier molecular flexibility index (Phi) is 8.34. The first-order valence-electron chi connectivity index (χ1n) is 9.09. The van der Waals surface area contributed by atoms with Gasteiger partial charge in [0.05, 0.1) is 10.6 Å². The van der Waals surface area contributed by atoms with Crippen LogP contribution in [0.1, 0.15) is 5.56 Å². The van der Waals surface area contributed by atoms with Gasteiger partial charge >= 0.3 is 0 Å². The van der Waals surface area contributed by atoms with Crippen molar-refractivity contribution in [1.82, 2.24) is 4.90 Å². The van der Waals surface area contributed by atoms with Crippen molar-refractivity contribution in [1.29, 1.82) is 0 Å². The van der Waals surface area contributed by atoms with Gasteiger partial charge in [0.2, 0.25) is 0 Å². The Hall–Kier alpha value is -2.03. The Balaban J connectivity index is 0.00000160. The zero-order valence-electron chi connectivity index (χ0n) is 16.4. The first-order valence-corrected chi connectivity index (χ1v) is 10.3. The molecule has 0 unspecified atom stereocenters. The number of thioether (sulfide) groups is 1. The Labute approximate surface area is 191 Å². The molecule has 0 radical (unpaired) electrons. The fourth-order valence-electron chi connectivity index (χ4n) is 3.37. The number of benzene rings is 2. The summed E-state index contributed by atoms with van der Waals surface area (Å²) in [4.78, 5) is 31.6. The lowest BCUT2D eigenvalue weighted by molar-refractivity contribution is -0.113. The minimum Gasteiger partial charge on any atom is -0.412 e. The number of para-hydroxylation sites is 1. The maximum absolute atomic E-state index is 12.9. The molecule has 2 aliphatic heterocycles. The van der Waals surface area contributed by atoms with E-state index in [0.29, 0.717) is 15.6 Å². The third kappa shape index (κ3) is 4.99. The highest BCUT2D eigenvalue weighted by atomic mass is 35.5. The van der Waals surface area contributed by atoms with Gasteiger partial charge in [-0.15, -0.1) is 12.4 Å². The standard InChI is InChI=1S/C21H20ClN3O2S.ClH.H2O/c1-23-10-12-24(13-11-23)18-5-3-2-4-15(18)14-19-20(26)25(21(27)28-19)17-8-6-16(22)7-9-17;;/h2-9,14H,10-13H2,1H3;1H;1H2/b19-14+;;. The zero-order chi connectivity index (χ0) is 19.7. The van der Waals surface area contributed by atoms with Crippen LogP contribution < -0.4 is 9.80 Å². The van der Waals surface area contributed by atoms with Gasteiger partial charge < -0.3 is 15.3 Å². The van der Waals surface area contributed by atoms with Gasteiger partial charge in [-0.1, -0.05) is 29.8 Å². The molecule has 6 nitrogen and oxygen atoms in total. The average Bonchev–Trinajstić information content (AvgIpc) is 2.97. The number of halogens is 2. The van der Waals surface area contributed by atoms with Crippen molar-refractivity contribution in [3.05, 3.63) is 64.0 Å². The molecule has 9 heteroatoms. The van der Waals surface area contributed by atoms with E-state index < -0.39 is 0 Å². The summed E-state index contributed by atoms with van der Waals surface area (Å²) < 4.78 is 0. The molecule has 2 saturated heterocycles. The van der Waals surface area contributed by atoms with Gasteiger partial charge in [0.25, 0.3) is 11.1 Å². The lowest BCUT2D eigenvalue weighted by Gasteiger charge is -2.34. The zero-order valence-corrected chi connectivity index (χ0v) is 18.8. The van der Waals surface area contributed by atoms with E-state index in [4.69, 9.17) is 11.6 Å². The molecule has 160 valence electrons. The number of piperazine rings is 1. The van der Waals surface area contributed by atoms with E-state index in [-0.39, 0.29) is 29.0 Å². The molecule has 0 aliphatic carbocycles. The van der Waals surface area contributed by atoms with Crippen LogP contribution >= 0.6 is 35.8 Å². The van der Waals surface area contributed by atoms with Crippen LogP contribution in [0.15, 0.2) is 53.4 Å². The predicted molar refractivity (Wildman–Crippen MR) is 127 cm³/mol.